The third-order valence-electron chi connectivity index (χ3n) is 8.22. The van der Waals surface area contributed by atoms with Gasteiger partial charge in [0.1, 0.15) is 18.4 Å². The van der Waals surface area contributed by atoms with E-state index in [-0.39, 0.29) is 35.5 Å². The number of sulfonamides is 1. The van der Waals surface area contributed by atoms with Crippen LogP contribution in [0.1, 0.15) is 42.4 Å². The van der Waals surface area contributed by atoms with Crippen LogP contribution in [0.15, 0.2) is 112 Å². The topological polar surface area (TPSA) is 86.8 Å². The zero-order valence-corrected chi connectivity index (χ0v) is 28.0. The molecule has 4 aromatic carbocycles. The second kappa shape index (κ2) is 15.0. The summed E-state index contributed by atoms with van der Waals surface area (Å²) in [6, 6.07) is 27.3. The molecule has 1 fully saturated rings. The Bertz CT molecular complexity index is 1750. The number of anilines is 1. The SMILES string of the molecule is Cc1ccc(S(=O)(=O)N(CC(=O)N(Cc2cccc(Br)c2)[C@@H](Cc2ccccc2)C(=O)NC2CCCC2)c2ccc(F)cc2)cc1. The van der Waals surface area contributed by atoms with Crippen LogP contribution < -0.4 is 9.62 Å². The first kappa shape index (κ1) is 33.3. The van der Waals surface area contributed by atoms with E-state index in [0.29, 0.717) is 0 Å². The molecule has 1 aliphatic carbocycles. The summed E-state index contributed by atoms with van der Waals surface area (Å²) in [4.78, 5) is 30.1. The van der Waals surface area contributed by atoms with Crippen molar-refractivity contribution in [2.45, 2.75) is 62.6 Å². The van der Waals surface area contributed by atoms with Crippen LogP contribution in [-0.4, -0.2) is 43.8 Å². The van der Waals surface area contributed by atoms with Crippen molar-refractivity contribution in [3.05, 3.63) is 130 Å². The molecule has 0 aliphatic heterocycles. The Balaban J connectivity index is 1.56. The van der Waals surface area contributed by atoms with Crippen LogP contribution in [0.2, 0.25) is 0 Å². The minimum Gasteiger partial charge on any atom is -0.352 e. The predicted octanol–water partition coefficient (Wildman–Crippen LogP) is 6.79. The Morgan fingerprint density at radius 1 is 0.891 bits per heavy atom. The van der Waals surface area contributed by atoms with Crippen LogP contribution >= 0.6 is 15.9 Å². The molecule has 46 heavy (non-hydrogen) atoms. The molecule has 10 heteroatoms. The van der Waals surface area contributed by atoms with E-state index < -0.39 is 34.3 Å². The van der Waals surface area contributed by atoms with Crippen LogP contribution in [0.3, 0.4) is 0 Å². The van der Waals surface area contributed by atoms with Crippen LogP contribution in [0.4, 0.5) is 10.1 Å². The van der Waals surface area contributed by atoms with Crippen molar-refractivity contribution in [1.29, 1.82) is 0 Å². The number of benzene rings is 4. The summed E-state index contributed by atoms with van der Waals surface area (Å²) in [5.41, 5.74) is 2.64. The molecule has 0 aromatic heterocycles. The summed E-state index contributed by atoms with van der Waals surface area (Å²) in [6.07, 6.45) is 4.03. The molecule has 5 rings (SSSR count). The van der Waals surface area contributed by atoms with E-state index >= 15 is 0 Å². The largest absolute Gasteiger partial charge is 0.352 e. The van der Waals surface area contributed by atoms with Crippen molar-refractivity contribution >= 4 is 43.5 Å². The lowest BCUT2D eigenvalue weighted by Gasteiger charge is -2.34. The van der Waals surface area contributed by atoms with Gasteiger partial charge in [-0.15, -0.1) is 0 Å². The molecular weight excluding hydrogens is 669 g/mol. The van der Waals surface area contributed by atoms with Crippen molar-refractivity contribution in [3.8, 4) is 0 Å². The quantitative estimate of drug-likeness (QED) is 0.176. The molecule has 1 aliphatic rings. The van der Waals surface area contributed by atoms with Gasteiger partial charge in [0.05, 0.1) is 10.6 Å². The highest BCUT2D eigenvalue weighted by Gasteiger charge is 2.35. The molecule has 0 bridgehead atoms. The number of nitrogens with zero attached hydrogens (tertiary/aromatic N) is 2. The maximum absolute atomic E-state index is 14.5. The Kier molecular flexibility index (Phi) is 10.9. The summed E-state index contributed by atoms with van der Waals surface area (Å²) in [7, 11) is -4.26. The normalized spacial score (nSPS) is 14.1. The average Bonchev–Trinajstić information content (AvgIpc) is 3.55. The Labute approximate surface area is 278 Å². The van der Waals surface area contributed by atoms with Gasteiger partial charge in [0.15, 0.2) is 0 Å². The lowest BCUT2D eigenvalue weighted by Crippen LogP contribution is -2.54. The second-order valence-corrected chi connectivity index (χ2v) is 14.4. The van der Waals surface area contributed by atoms with Gasteiger partial charge < -0.3 is 10.2 Å². The Hall–Kier alpha value is -4.02. The smallest absolute Gasteiger partial charge is 0.264 e. The predicted molar refractivity (Wildman–Crippen MR) is 181 cm³/mol. The number of aryl methyl sites for hydroxylation is 1. The maximum Gasteiger partial charge on any atom is 0.264 e. The van der Waals surface area contributed by atoms with E-state index in [0.717, 1.165) is 63.3 Å². The van der Waals surface area contributed by atoms with Gasteiger partial charge in [-0.1, -0.05) is 88.9 Å². The zero-order chi connectivity index (χ0) is 32.7. The molecule has 1 atom stereocenters. The fourth-order valence-corrected chi connectivity index (χ4v) is 7.59. The highest BCUT2D eigenvalue weighted by molar-refractivity contribution is 9.10. The summed E-state index contributed by atoms with van der Waals surface area (Å²) >= 11 is 3.50. The van der Waals surface area contributed by atoms with Crippen LogP contribution in [0.5, 0.6) is 0 Å². The van der Waals surface area contributed by atoms with E-state index in [1.54, 1.807) is 12.1 Å². The minimum atomic E-state index is -4.26. The van der Waals surface area contributed by atoms with Gasteiger partial charge in [-0.25, -0.2) is 12.8 Å². The fourth-order valence-electron chi connectivity index (χ4n) is 5.73. The van der Waals surface area contributed by atoms with Crippen molar-refractivity contribution in [2.75, 3.05) is 10.8 Å². The van der Waals surface area contributed by atoms with Crippen molar-refractivity contribution in [3.63, 3.8) is 0 Å². The van der Waals surface area contributed by atoms with Crippen molar-refractivity contribution < 1.29 is 22.4 Å². The van der Waals surface area contributed by atoms with Crippen LogP contribution in [-0.2, 0) is 32.6 Å². The second-order valence-electron chi connectivity index (χ2n) is 11.6. The number of carbonyl (C=O) groups excluding carboxylic acids is 2. The van der Waals surface area contributed by atoms with E-state index in [2.05, 4.69) is 21.2 Å². The lowest BCUT2D eigenvalue weighted by molar-refractivity contribution is -0.140. The third kappa shape index (κ3) is 8.41. The van der Waals surface area contributed by atoms with Crippen molar-refractivity contribution in [1.82, 2.24) is 10.2 Å². The fraction of sp³-hybridized carbons (Fsp3) is 0.278. The number of nitrogens with one attached hydrogen (secondary N) is 1. The lowest BCUT2D eigenvalue weighted by atomic mass is 10.0. The van der Waals surface area contributed by atoms with Gasteiger partial charge in [0.2, 0.25) is 11.8 Å². The highest BCUT2D eigenvalue weighted by atomic mass is 79.9. The molecule has 7 nitrogen and oxygen atoms in total. The first-order chi connectivity index (χ1) is 22.1. The summed E-state index contributed by atoms with van der Waals surface area (Å²) in [6.45, 7) is 1.31. The van der Waals surface area contributed by atoms with E-state index in [9.17, 15) is 22.4 Å². The molecule has 0 radical (unpaired) electrons. The molecule has 0 spiro atoms. The van der Waals surface area contributed by atoms with Crippen molar-refractivity contribution in [2.24, 2.45) is 0 Å². The van der Waals surface area contributed by atoms with Gasteiger partial charge in [-0.05, 0) is 79.4 Å². The van der Waals surface area contributed by atoms with Gasteiger partial charge in [-0.3, -0.25) is 13.9 Å². The molecule has 0 saturated heterocycles. The summed E-state index contributed by atoms with van der Waals surface area (Å²) in [5, 5.41) is 3.17. The highest BCUT2D eigenvalue weighted by Crippen LogP contribution is 2.26. The van der Waals surface area contributed by atoms with Gasteiger partial charge in [-0.2, -0.15) is 0 Å². The third-order valence-corrected chi connectivity index (χ3v) is 10.5. The number of hydrogen-bond donors (Lipinski definition) is 1. The number of rotatable bonds is 12. The summed E-state index contributed by atoms with van der Waals surface area (Å²) in [5.74, 6) is -1.39. The van der Waals surface area contributed by atoms with Crippen LogP contribution in [0.25, 0.3) is 0 Å². The average molecular weight is 707 g/mol. The van der Waals surface area contributed by atoms with Gasteiger partial charge in [0, 0.05) is 23.5 Å². The number of carbonyl (C=O) groups is 2. The molecular formula is C36H37BrFN3O4S. The number of halogens is 2. The molecule has 1 saturated carbocycles. The van der Waals surface area contributed by atoms with Gasteiger partial charge in [0.25, 0.3) is 10.0 Å². The molecule has 0 heterocycles. The maximum atomic E-state index is 14.5. The van der Waals surface area contributed by atoms with Crippen LogP contribution in [0, 0.1) is 12.7 Å². The zero-order valence-electron chi connectivity index (χ0n) is 25.6. The molecule has 4 aromatic rings. The number of amides is 2. The minimum absolute atomic E-state index is 0.00595. The molecule has 0 unspecified atom stereocenters. The monoisotopic (exact) mass is 705 g/mol. The van der Waals surface area contributed by atoms with E-state index in [4.69, 9.17) is 0 Å². The number of hydrogen-bond acceptors (Lipinski definition) is 4. The first-order valence-corrected chi connectivity index (χ1v) is 17.6. The standard InChI is InChI=1S/C36H37BrFN3O4S/c1-26-14-20-33(21-15-26)46(44,45)41(32-18-16-30(38)17-19-32)25-35(42)40(24-28-10-7-11-29(37)22-28)34(23-27-8-3-2-4-9-27)36(43)39-31-12-5-6-13-31/h2-4,7-11,14-22,31,34H,5-6,12-13,23-25H2,1H3,(H,39,43)/t34-/m0/s1. The Morgan fingerprint density at radius 3 is 2.20 bits per heavy atom. The van der Waals surface area contributed by atoms with E-state index in [1.165, 1.54) is 29.2 Å². The summed E-state index contributed by atoms with van der Waals surface area (Å²) < 4.78 is 43.9. The first-order valence-electron chi connectivity index (χ1n) is 15.3. The molecule has 1 N–H and O–H groups in total. The van der Waals surface area contributed by atoms with E-state index in [1.807, 2.05) is 61.5 Å². The molecule has 240 valence electrons. The molecule has 2 amide bonds. The van der Waals surface area contributed by atoms with Gasteiger partial charge >= 0.3 is 0 Å². The Morgan fingerprint density at radius 2 is 1.54 bits per heavy atom.